The minimum Gasteiger partial charge on any atom is -0.253 e. The number of hydrogen-bond acceptors (Lipinski definition) is 2. The van der Waals surface area contributed by atoms with Crippen molar-refractivity contribution in [3.05, 3.63) is 0 Å². The Bertz CT molecular complexity index is 66.3. The normalized spacial score (nSPS) is 10.8. The molecule has 0 heterocycles. The number of thiol groups is 1. The molecule has 0 fully saturated rings. The number of rotatable bonds is 6. The zero-order valence-corrected chi connectivity index (χ0v) is 8.03. The molecule has 0 atom stereocenters. The molecule has 10 heavy (non-hydrogen) atoms. The van der Waals surface area contributed by atoms with E-state index in [4.69, 9.17) is 0 Å². The van der Waals surface area contributed by atoms with Gasteiger partial charge in [-0.15, -0.1) is 0 Å². The SMILES string of the molecule is CCCCCN(S)CCC. The van der Waals surface area contributed by atoms with Gasteiger partial charge in [0, 0.05) is 13.1 Å². The van der Waals surface area contributed by atoms with Crippen molar-refractivity contribution in [2.45, 2.75) is 39.5 Å². The summed E-state index contributed by atoms with van der Waals surface area (Å²) >= 11 is 4.32. The van der Waals surface area contributed by atoms with Crippen LogP contribution in [0, 0.1) is 0 Å². The first-order chi connectivity index (χ1) is 4.81. The van der Waals surface area contributed by atoms with Gasteiger partial charge >= 0.3 is 0 Å². The lowest BCUT2D eigenvalue weighted by Crippen LogP contribution is -2.14. The van der Waals surface area contributed by atoms with Gasteiger partial charge in [0.25, 0.3) is 0 Å². The Kier molecular flexibility index (Phi) is 7.65. The zero-order valence-electron chi connectivity index (χ0n) is 7.14. The fraction of sp³-hybridized carbons (Fsp3) is 1.00. The average molecular weight is 161 g/mol. The van der Waals surface area contributed by atoms with Gasteiger partial charge in [-0.25, -0.2) is 0 Å². The summed E-state index contributed by atoms with van der Waals surface area (Å²) < 4.78 is 2.11. The van der Waals surface area contributed by atoms with Crippen LogP contribution in [0.15, 0.2) is 0 Å². The highest BCUT2D eigenvalue weighted by molar-refractivity contribution is 7.77. The predicted molar refractivity (Wildman–Crippen MR) is 50.4 cm³/mol. The van der Waals surface area contributed by atoms with Crippen molar-refractivity contribution in [2.24, 2.45) is 0 Å². The summed E-state index contributed by atoms with van der Waals surface area (Å²) in [6.45, 7) is 6.67. The lowest BCUT2D eigenvalue weighted by Gasteiger charge is -2.12. The lowest BCUT2D eigenvalue weighted by atomic mass is 10.2. The summed E-state index contributed by atoms with van der Waals surface area (Å²) in [5, 5.41) is 0. The zero-order chi connectivity index (χ0) is 7.82. The van der Waals surface area contributed by atoms with E-state index in [0.29, 0.717) is 0 Å². The predicted octanol–water partition coefficient (Wildman–Crippen LogP) is 2.73. The Morgan fingerprint density at radius 3 is 2.20 bits per heavy atom. The van der Waals surface area contributed by atoms with E-state index in [-0.39, 0.29) is 0 Å². The summed E-state index contributed by atoms with van der Waals surface area (Å²) in [7, 11) is 0. The average Bonchev–Trinajstić information content (AvgIpc) is 1.89. The first kappa shape index (κ1) is 10.3. The standard InChI is InChI=1S/C8H19NS/c1-3-5-6-8-9(10)7-4-2/h10H,3-8H2,1-2H3. The van der Waals surface area contributed by atoms with Crippen LogP contribution in [0.2, 0.25) is 0 Å². The molecule has 0 aromatic heterocycles. The second kappa shape index (κ2) is 7.42. The van der Waals surface area contributed by atoms with Crippen molar-refractivity contribution in [1.29, 1.82) is 0 Å². The lowest BCUT2D eigenvalue weighted by molar-refractivity contribution is 0.454. The first-order valence-electron chi connectivity index (χ1n) is 4.25. The van der Waals surface area contributed by atoms with E-state index in [9.17, 15) is 0 Å². The molecular formula is C8H19NS. The molecular weight excluding hydrogens is 142 g/mol. The van der Waals surface area contributed by atoms with Crippen LogP contribution in [0.4, 0.5) is 0 Å². The molecule has 0 aliphatic rings. The summed E-state index contributed by atoms with van der Waals surface area (Å²) in [5.41, 5.74) is 0. The third-order valence-electron chi connectivity index (χ3n) is 1.50. The molecule has 0 aromatic rings. The molecule has 0 saturated carbocycles. The molecule has 0 aliphatic carbocycles. The van der Waals surface area contributed by atoms with Crippen molar-refractivity contribution < 1.29 is 0 Å². The van der Waals surface area contributed by atoms with E-state index in [1.165, 1.54) is 25.7 Å². The van der Waals surface area contributed by atoms with E-state index in [2.05, 4.69) is 31.0 Å². The molecule has 0 N–H and O–H groups in total. The Morgan fingerprint density at radius 1 is 1.00 bits per heavy atom. The second-order valence-electron chi connectivity index (χ2n) is 2.66. The van der Waals surface area contributed by atoms with E-state index in [1.54, 1.807) is 0 Å². The summed E-state index contributed by atoms with van der Waals surface area (Å²) in [6, 6.07) is 0. The molecule has 0 bridgehead atoms. The fourth-order valence-electron chi connectivity index (χ4n) is 0.914. The van der Waals surface area contributed by atoms with Crippen LogP contribution in [0.1, 0.15) is 39.5 Å². The van der Waals surface area contributed by atoms with Gasteiger partial charge in [0.15, 0.2) is 0 Å². The third kappa shape index (κ3) is 6.43. The highest BCUT2D eigenvalue weighted by Crippen LogP contribution is 2.00. The van der Waals surface area contributed by atoms with Gasteiger partial charge in [0.1, 0.15) is 0 Å². The van der Waals surface area contributed by atoms with Crippen LogP contribution in [-0.2, 0) is 0 Å². The van der Waals surface area contributed by atoms with Gasteiger partial charge < -0.3 is 0 Å². The van der Waals surface area contributed by atoms with Crippen LogP contribution >= 0.6 is 12.8 Å². The van der Waals surface area contributed by atoms with Crippen LogP contribution < -0.4 is 0 Å². The Morgan fingerprint density at radius 2 is 1.70 bits per heavy atom. The molecule has 0 aromatic carbocycles. The maximum absolute atomic E-state index is 4.32. The molecule has 2 heteroatoms. The molecule has 0 radical (unpaired) electrons. The van der Waals surface area contributed by atoms with Crippen molar-refractivity contribution in [2.75, 3.05) is 13.1 Å². The number of unbranched alkanes of at least 4 members (excludes halogenated alkanes) is 2. The van der Waals surface area contributed by atoms with Gasteiger partial charge in [-0.3, -0.25) is 4.31 Å². The van der Waals surface area contributed by atoms with Gasteiger partial charge in [-0.1, -0.05) is 39.5 Å². The number of nitrogens with zero attached hydrogens (tertiary/aromatic N) is 1. The smallest absolute Gasteiger partial charge is 0.00869 e. The number of hydrogen-bond donors (Lipinski definition) is 1. The highest BCUT2D eigenvalue weighted by atomic mass is 32.1. The summed E-state index contributed by atoms with van der Waals surface area (Å²) in [6.07, 6.45) is 5.13. The Labute approximate surface area is 70.3 Å². The van der Waals surface area contributed by atoms with Crippen molar-refractivity contribution in [3.8, 4) is 0 Å². The van der Waals surface area contributed by atoms with Gasteiger partial charge in [0.2, 0.25) is 0 Å². The molecule has 0 amide bonds. The maximum atomic E-state index is 4.32. The minimum atomic E-state index is 1.12. The van der Waals surface area contributed by atoms with Gasteiger partial charge in [-0.05, 0) is 12.8 Å². The van der Waals surface area contributed by atoms with E-state index < -0.39 is 0 Å². The molecule has 0 rings (SSSR count). The maximum Gasteiger partial charge on any atom is 0.00869 e. The Balaban J connectivity index is 2.97. The van der Waals surface area contributed by atoms with E-state index >= 15 is 0 Å². The molecule has 0 saturated heterocycles. The first-order valence-corrected chi connectivity index (χ1v) is 4.65. The van der Waals surface area contributed by atoms with Crippen LogP contribution in [0.25, 0.3) is 0 Å². The molecule has 0 unspecified atom stereocenters. The van der Waals surface area contributed by atoms with Gasteiger partial charge in [-0.2, -0.15) is 0 Å². The van der Waals surface area contributed by atoms with Crippen LogP contribution in [0.3, 0.4) is 0 Å². The minimum absolute atomic E-state index is 1.12. The van der Waals surface area contributed by atoms with Crippen molar-refractivity contribution in [1.82, 2.24) is 4.31 Å². The fourth-order valence-corrected chi connectivity index (χ4v) is 1.26. The monoisotopic (exact) mass is 161 g/mol. The largest absolute Gasteiger partial charge is 0.253 e. The summed E-state index contributed by atoms with van der Waals surface area (Å²) in [5.74, 6) is 0. The molecule has 0 spiro atoms. The van der Waals surface area contributed by atoms with Gasteiger partial charge in [0.05, 0.1) is 0 Å². The second-order valence-corrected chi connectivity index (χ2v) is 3.23. The van der Waals surface area contributed by atoms with E-state index in [1.807, 2.05) is 0 Å². The molecule has 1 nitrogen and oxygen atoms in total. The molecule has 62 valence electrons. The molecule has 0 aliphatic heterocycles. The van der Waals surface area contributed by atoms with Crippen LogP contribution in [0.5, 0.6) is 0 Å². The van der Waals surface area contributed by atoms with E-state index in [0.717, 1.165) is 13.1 Å². The van der Waals surface area contributed by atoms with Crippen LogP contribution in [-0.4, -0.2) is 17.4 Å². The topological polar surface area (TPSA) is 3.24 Å². The Hall–Kier alpha value is 0.310. The highest BCUT2D eigenvalue weighted by Gasteiger charge is 1.94. The van der Waals surface area contributed by atoms with Crippen molar-refractivity contribution >= 4 is 12.8 Å². The summed E-state index contributed by atoms with van der Waals surface area (Å²) in [4.78, 5) is 0. The quantitative estimate of drug-likeness (QED) is 0.463. The van der Waals surface area contributed by atoms with Crippen molar-refractivity contribution in [3.63, 3.8) is 0 Å². The third-order valence-corrected chi connectivity index (χ3v) is 1.90.